The van der Waals surface area contributed by atoms with Crippen molar-refractivity contribution in [1.29, 1.82) is 0 Å². The topological polar surface area (TPSA) is 44.1 Å². The van der Waals surface area contributed by atoms with Gasteiger partial charge in [0.25, 0.3) is 0 Å². The summed E-state index contributed by atoms with van der Waals surface area (Å²) in [5, 5.41) is 0. The molecular formula is C9H14N2O2. The zero-order valence-electron chi connectivity index (χ0n) is 8.10. The first-order chi connectivity index (χ1) is 6.11. The van der Waals surface area contributed by atoms with Crippen molar-refractivity contribution in [3.8, 4) is 0 Å². The third kappa shape index (κ3) is 2.57. The normalized spacial score (nSPS) is 12.9. The molecule has 0 aliphatic rings. The monoisotopic (exact) mass is 182 g/mol. The first-order valence-electron chi connectivity index (χ1n) is 4.29. The minimum absolute atomic E-state index is 0.0709. The number of esters is 1. The Morgan fingerprint density at radius 1 is 1.46 bits per heavy atom. The molecule has 0 N–H and O–H groups in total. The molecule has 0 bridgehead atoms. The summed E-state index contributed by atoms with van der Waals surface area (Å²) >= 11 is 0. The van der Waals surface area contributed by atoms with Crippen LogP contribution in [0.1, 0.15) is 26.8 Å². The molecular weight excluding hydrogens is 168 g/mol. The third-order valence-electron chi connectivity index (χ3n) is 1.67. The summed E-state index contributed by atoms with van der Waals surface area (Å²) in [7, 11) is 0. The quantitative estimate of drug-likeness (QED) is 0.663. The molecule has 0 radical (unpaired) electrons. The van der Waals surface area contributed by atoms with E-state index < -0.39 is 0 Å². The van der Waals surface area contributed by atoms with Crippen molar-refractivity contribution in [3.05, 3.63) is 18.7 Å². The summed E-state index contributed by atoms with van der Waals surface area (Å²) in [6.45, 7) is 5.45. The summed E-state index contributed by atoms with van der Waals surface area (Å²) in [5.41, 5.74) is 0. The fourth-order valence-corrected chi connectivity index (χ4v) is 0.951. The van der Waals surface area contributed by atoms with Crippen molar-refractivity contribution in [2.45, 2.75) is 32.9 Å². The van der Waals surface area contributed by atoms with Crippen LogP contribution < -0.4 is 0 Å². The lowest BCUT2D eigenvalue weighted by Gasteiger charge is -2.14. The molecule has 0 aliphatic carbocycles. The summed E-state index contributed by atoms with van der Waals surface area (Å²) in [6.07, 6.45) is 4.91. The molecule has 0 spiro atoms. The molecule has 0 saturated heterocycles. The molecule has 0 fully saturated rings. The Hall–Kier alpha value is -1.32. The highest BCUT2D eigenvalue weighted by Crippen LogP contribution is 2.07. The summed E-state index contributed by atoms with van der Waals surface area (Å²) in [5.74, 6) is -0.229. The zero-order chi connectivity index (χ0) is 9.84. The molecule has 1 aromatic heterocycles. The van der Waals surface area contributed by atoms with E-state index in [-0.39, 0.29) is 18.1 Å². The summed E-state index contributed by atoms with van der Waals surface area (Å²) < 4.78 is 6.76. The molecule has 0 aromatic carbocycles. The minimum atomic E-state index is -0.301. The van der Waals surface area contributed by atoms with Gasteiger partial charge < -0.3 is 9.30 Å². The number of imidazole rings is 1. The van der Waals surface area contributed by atoms with E-state index in [1.165, 1.54) is 0 Å². The minimum Gasteiger partial charge on any atom is -0.461 e. The third-order valence-corrected chi connectivity index (χ3v) is 1.67. The average Bonchev–Trinajstić information content (AvgIpc) is 2.53. The molecule has 1 atom stereocenters. The molecule has 13 heavy (non-hydrogen) atoms. The van der Waals surface area contributed by atoms with E-state index >= 15 is 0 Å². The standard InChI is InChI=1S/C9H14N2O2/c1-7(2)13-9(12)8(3)11-5-4-10-6-11/h4-8H,1-3H3. The van der Waals surface area contributed by atoms with Gasteiger partial charge in [-0.1, -0.05) is 0 Å². The Bertz CT molecular complexity index is 267. The number of hydrogen-bond donors (Lipinski definition) is 0. The van der Waals surface area contributed by atoms with Crippen LogP contribution in [-0.2, 0) is 9.53 Å². The van der Waals surface area contributed by atoms with Gasteiger partial charge in [-0.15, -0.1) is 0 Å². The number of nitrogens with zero attached hydrogens (tertiary/aromatic N) is 2. The van der Waals surface area contributed by atoms with Crippen LogP contribution in [-0.4, -0.2) is 21.6 Å². The Morgan fingerprint density at radius 3 is 2.62 bits per heavy atom. The first kappa shape index (κ1) is 9.77. The van der Waals surface area contributed by atoms with Crippen LogP contribution in [0.3, 0.4) is 0 Å². The molecule has 1 aromatic rings. The molecule has 4 heteroatoms. The van der Waals surface area contributed by atoms with Gasteiger partial charge in [0, 0.05) is 12.4 Å². The maximum absolute atomic E-state index is 11.4. The highest BCUT2D eigenvalue weighted by molar-refractivity contribution is 5.73. The number of ether oxygens (including phenoxy) is 1. The van der Waals surface area contributed by atoms with Crippen molar-refractivity contribution < 1.29 is 9.53 Å². The van der Waals surface area contributed by atoms with E-state index in [4.69, 9.17) is 4.74 Å². The van der Waals surface area contributed by atoms with E-state index in [2.05, 4.69) is 4.98 Å². The van der Waals surface area contributed by atoms with Gasteiger partial charge in [0.2, 0.25) is 0 Å². The number of carbonyl (C=O) groups excluding carboxylic acids is 1. The Balaban J connectivity index is 2.58. The summed E-state index contributed by atoms with van der Waals surface area (Å²) in [6, 6.07) is -0.301. The second kappa shape index (κ2) is 4.07. The molecule has 0 saturated carbocycles. The van der Waals surface area contributed by atoms with Crippen molar-refractivity contribution >= 4 is 5.97 Å². The van der Waals surface area contributed by atoms with Crippen LogP contribution in [0.4, 0.5) is 0 Å². The molecule has 0 amide bonds. The van der Waals surface area contributed by atoms with E-state index in [9.17, 15) is 4.79 Å². The highest BCUT2D eigenvalue weighted by Gasteiger charge is 2.16. The van der Waals surface area contributed by atoms with Gasteiger partial charge in [-0.3, -0.25) is 0 Å². The van der Waals surface area contributed by atoms with Gasteiger partial charge >= 0.3 is 5.97 Å². The predicted molar refractivity (Wildman–Crippen MR) is 48.2 cm³/mol. The smallest absolute Gasteiger partial charge is 0.329 e. The van der Waals surface area contributed by atoms with Gasteiger partial charge in [-0.25, -0.2) is 9.78 Å². The van der Waals surface area contributed by atoms with Gasteiger partial charge in [0.15, 0.2) is 0 Å². The zero-order valence-corrected chi connectivity index (χ0v) is 8.10. The van der Waals surface area contributed by atoms with Crippen molar-refractivity contribution in [1.82, 2.24) is 9.55 Å². The molecule has 72 valence electrons. The maximum Gasteiger partial charge on any atom is 0.329 e. The Kier molecular flexibility index (Phi) is 3.06. The van der Waals surface area contributed by atoms with E-state index in [1.54, 1.807) is 30.2 Å². The highest BCUT2D eigenvalue weighted by atomic mass is 16.5. The van der Waals surface area contributed by atoms with Crippen LogP contribution >= 0.6 is 0 Å². The second-order valence-corrected chi connectivity index (χ2v) is 3.17. The SMILES string of the molecule is CC(C)OC(=O)C(C)n1ccnc1. The van der Waals surface area contributed by atoms with Crippen molar-refractivity contribution in [2.75, 3.05) is 0 Å². The lowest BCUT2D eigenvalue weighted by molar-refractivity contribution is -0.150. The number of aromatic nitrogens is 2. The lowest BCUT2D eigenvalue weighted by atomic mass is 10.3. The molecule has 4 nitrogen and oxygen atoms in total. The number of hydrogen-bond acceptors (Lipinski definition) is 3. The molecule has 0 aliphatic heterocycles. The summed E-state index contributed by atoms with van der Waals surface area (Å²) in [4.78, 5) is 15.2. The lowest BCUT2D eigenvalue weighted by Crippen LogP contribution is -2.21. The predicted octanol–water partition coefficient (Wildman–Crippen LogP) is 1.40. The van der Waals surface area contributed by atoms with Crippen LogP contribution in [0.2, 0.25) is 0 Å². The fraction of sp³-hybridized carbons (Fsp3) is 0.556. The van der Waals surface area contributed by atoms with Crippen LogP contribution in [0.25, 0.3) is 0 Å². The Morgan fingerprint density at radius 2 is 2.15 bits per heavy atom. The largest absolute Gasteiger partial charge is 0.461 e. The van der Waals surface area contributed by atoms with Gasteiger partial charge in [-0.2, -0.15) is 0 Å². The van der Waals surface area contributed by atoms with Crippen molar-refractivity contribution in [2.24, 2.45) is 0 Å². The van der Waals surface area contributed by atoms with Gasteiger partial charge in [0.05, 0.1) is 12.4 Å². The maximum atomic E-state index is 11.4. The van der Waals surface area contributed by atoms with Crippen molar-refractivity contribution in [3.63, 3.8) is 0 Å². The van der Waals surface area contributed by atoms with Gasteiger partial charge in [0.1, 0.15) is 6.04 Å². The fourth-order valence-electron chi connectivity index (χ4n) is 0.951. The van der Waals surface area contributed by atoms with E-state index in [0.29, 0.717) is 0 Å². The average molecular weight is 182 g/mol. The van der Waals surface area contributed by atoms with E-state index in [1.807, 2.05) is 13.8 Å². The van der Waals surface area contributed by atoms with Crippen LogP contribution in [0, 0.1) is 0 Å². The molecule has 1 unspecified atom stereocenters. The second-order valence-electron chi connectivity index (χ2n) is 3.17. The number of rotatable bonds is 3. The Labute approximate surface area is 77.5 Å². The van der Waals surface area contributed by atoms with E-state index in [0.717, 1.165) is 0 Å². The molecule has 1 rings (SSSR count). The van der Waals surface area contributed by atoms with Crippen LogP contribution in [0.5, 0.6) is 0 Å². The first-order valence-corrected chi connectivity index (χ1v) is 4.29. The van der Waals surface area contributed by atoms with Gasteiger partial charge in [-0.05, 0) is 20.8 Å². The molecule has 1 heterocycles. The number of carbonyl (C=O) groups is 1. The van der Waals surface area contributed by atoms with Crippen LogP contribution in [0.15, 0.2) is 18.7 Å².